The zero-order valence-electron chi connectivity index (χ0n) is 8.05. The van der Waals surface area contributed by atoms with Gasteiger partial charge in [0.2, 0.25) is 0 Å². The largest absolute Gasteiger partial charge is 0.151 e. The van der Waals surface area contributed by atoms with Gasteiger partial charge in [-0.2, -0.15) is 4.91 Å². The van der Waals surface area contributed by atoms with E-state index in [0.29, 0.717) is 0 Å². The Morgan fingerprint density at radius 2 is 2.09 bits per heavy atom. The van der Waals surface area contributed by atoms with Gasteiger partial charge in [-0.1, -0.05) is 38.8 Å². The van der Waals surface area contributed by atoms with E-state index < -0.39 is 0 Å². The Morgan fingerprint density at radius 3 is 2.36 bits per heavy atom. The van der Waals surface area contributed by atoms with Crippen LogP contribution >= 0.6 is 0 Å². The molecule has 0 aliphatic heterocycles. The van der Waals surface area contributed by atoms with Gasteiger partial charge in [0.1, 0.15) is 0 Å². The molecule has 0 spiro atoms. The topological polar surface area (TPSA) is 29.4 Å². The Labute approximate surface area is 72.2 Å². The number of nitroso groups, excluding NO2 is 1. The van der Waals surface area contributed by atoms with E-state index in [4.69, 9.17) is 0 Å². The van der Waals surface area contributed by atoms with Crippen molar-refractivity contribution in [1.29, 1.82) is 0 Å². The van der Waals surface area contributed by atoms with Crippen LogP contribution in [0, 0.1) is 4.91 Å². The van der Waals surface area contributed by atoms with Crippen LogP contribution in [-0.4, -0.2) is 16.3 Å². The first kappa shape index (κ1) is 10.8. The predicted octanol–water partition coefficient (Wildman–Crippen LogP) is 1.88. The Bertz CT molecular complexity index is 125. The number of rotatable bonds is 5. The molecular formula is C8H19NOSi. The standard InChI is InChI=1S/C8H19NOSi/c1-4-6-7(9-10)8(3,11)5-2/h7H,4-6H2,1-3,11H3. The molecule has 3 heteroatoms. The van der Waals surface area contributed by atoms with Crippen molar-refractivity contribution in [1.82, 2.24) is 0 Å². The second-order valence-corrected chi connectivity index (χ2v) is 6.04. The number of hydrogen-bond donors (Lipinski definition) is 0. The molecule has 2 unspecified atom stereocenters. The maximum Gasteiger partial charge on any atom is 0.0940 e. The van der Waals surface area contributed by atoms with Crippen molar-refractivity contribution in [3.05, 3.63) is 4.91 Å². The highest BCUT2D eigenvalue weighted by molar-refractivity contribution is 6.15. The van der Waals surface area contributed by atoms with Gasteiger partial charge in [0.25, 0.3) is 0 Å². The van der Waals surface area contributed by atoms with Crippen molar-refractivity contribution in [2.24, 2.45) is 5.18 Å². The highest BCUT2D eigenvalue weighted by Gasteiger charge is 2.27. The van der Waals surface area contributed by atoms with Gasteiger partial charge in [0.05, 0.1) is 6.04 Å². The minimum absolute atomic E-state index is 0.0594. The minimum Gasteiger partial charge on any atom is -0.151 e. The average Bonchev–Trinajstić information content (AvgIpc) is 2.00. The Kier molecular flexibility index (Phi) is 4.57. The fourth-order valence-corrected chi connectivity index (χ4v) is 1.49. The lowest BCUT2D eigenvalue weighted by atomic mass is 9.95. The second kappa shape index (κ2) is 4.65. The molecule has 0 amide bonds. The van der Waals surface area contributed by atoms with Gasteiger partial charge in [0, 0.05) is 10.2 Å². The lowest BCUT2D eigenvalue weighted by Gasteiger charge is -2.27. The van der Waals surface area contributed by atoms with Gasteiger partial charge in [-0.05, 0) is 11.5 Å². The van der Waals surface area contributed by atoms with E-state index in [-0.39, 0.29) is 11.1 Å². The van der Waals surface area contributed by atoms with E-state index in [2.05, 4.69) is 25.9 Å². The smallest absolute Gasteiger partial charge is 0.0940 e. The SMILES string of the molecule is CCCC(N=O)C(C)([SiH3])CC. The molecule has 0 radical (unpaired) electrons. The molecular weight excluding hydrogens is 154 g/mol. The first-order valence-electron chi connectivity index (χ1n) is 4.41. The van der Waals surface area contributed by atoms with Crippen molar-refractivity contribution in [3.8, 4) is 0 Å². The number of hydrogen-bond acceptors (Lipinski definition) is 2. The third-order valence-corrected chi connectivity index (χ3v) is 3.88. The molecule has 0 aliphatic carbocycles. The summed E-state index contributed by atoms with van der Waals surface area (Å²) >= 11 is 0. The van der Waals surface area contributed by atoms with Gasteiger partial charge < -0.3 is 0 Å². The third-order valence-electron chi connectivity index (χ3n) is 2.50. The van der Waals surface area contributed by atoms with Crippen molar-refractivity contribution < 1.29 is 0 Å². The van der Waals surface area contributed by atoms with Crippen LogP contribution in [0.5, 0.6) is 0 Å². The van der Waals surface area contributed by atoms with Crippen molar-refractivity contribution in [2.45, 2.75) is 51.1 Å². The van der Waals surface area contributed by atoms with E-state index in [9.17, 15) is 4.91 Å². The normalized spacial score (nSPS) is 19.2. The maximum absolute atomic E-state index is 10.5. The summed E-state index contributed by atoms with van der Waals surface area (Å²) in [4.78, 5) is 10.5. The van der Waals surface area contributed by atoms with Crippen LogP contribution in [0.15, 0.2) is 5.18 Å². The molecule has 0 aromatic rings. The highest BCUT2D eigenvalue weighted by Crippen LogP contribution is 2.34. The van der Waals surface area contributed by atoms with Gasteiger partial charge in [-0.15, -0.1) is 0 Å². The van der Waals surface area contributed by atoms with E-state index >= 15 is 0 Å². The fraction of sp³-hybridized carbons (Fsp3) is 1.00. The fourth-order valence-electron chi connectivity index (χ4n) is 1.10. The second-order valence-electron chi connectivity index (χ2n) is 3.75. The van der Waals surface area contributed by atoms with E-state index in [1.807, 2.05) is 0 Å². The summed E-state index contributed by atoms with van der Waals surface area (Å²) in [6.45, 7) is 6.41. The zero-order valence-corrected chi connectivity index (χ0v) is 10.1. The lowest BCUT2D eigenvalue weighted by Crippen LogP contribution is -2.23. The van der Waals surface area contributed by atoms with Gasteiger partial charge >= 0.3 is 0 Å². The Hall–Kier alpha value is -0.183. The summed E-state index contributed by atoms with van der Waals surface area (Å²) in [7, 11) is 1.06. The molecule has 0 saturated carbocycles. The van der Waals surface area contributed by atoms with E-state index in [1.165, 1.54) is 0 Å². The third kappa shape index (κ3) is 3.14. The first-order valence-corrected chi connectivity index (χ1v) is 5.41. The van der Waals surface area contributed by atoms with Crippen LogP contribution < -0.4 is 0 Å². The summed E-state index contributed by atoms with van der Waals surface area (Å²) in [6, 6.07) is 0.0594. The van der Waals surface area contributed by atoms with E-state index in [0.717, 1.165) is 29.5 Å². The summed E-state index contributed by atoms with van der Waals surface area (Å²) < 4.78 is 0. The van der Waals surface area contributed by atoms with Crippen LogP contribution in [-0.2, 0) is 0 Å². The molecule has 0 N–H and O–H groups in total. The molecule has 0 bridgehead atoms. The predicted molar refractivity (Wildman–Crippen MR) is 53.1 cm³/mol. The van der Waals surface area contributed by atoms with Crippen molar-refractivity contribution in [3.63, 3.8) is 0 Å². The zero-order chi connectivity index (χ0) is 8.91. The minimum atomic E-state index is 0.0594. The van der Waals surface area contributed by atoms with Crippen molar-refractivity contribution in [2.75, 3.05) is 0 Å². The van der Waals surface area contributed by atoms with Crippen LogP contribution in [0.25, 0.3) is 0 Å². The summed E-state index contributed by atoms with van der Waals surface area (Å²) in [5, 5.41) is 3.42. The molecule has 0 fully saturated rings. The quantitative estimate of drug-likeness (QED) is 0.461. The molecule has 0 aromatic heterocycles. The molecule has 2 atom stereocenters. The molecule has 66 valence electrons. The molecule has 0 aromatic carbocycles. The average molecular weight is 173 g/mol. The van der Waals surface area contributed by atoms with Gasteiger partial charge in [-0.3, -0.25) is 0 Å². The Balaban J connectivity index is 4.10. The summed E-state index contributed by atoms with van der Waals surface area (Å²) in [5.41, 5.74) is 0. The van der Waals surface area contributed by atoms with Gasteiger partial charge in [-0.25, -0.2) is 0 Å². The monoisotopic (exact) mass is 173 g/mol. The summed E-state index contributed by atoms with van der Waals surface area (Å²) in [5.74, 6) is 0. The molecule has 0 saturated heterocycles. The Morgan fingerprint density at radius 1 is 1.55 bits per heavy atom. The molecule has 0 heterocycles. The van der Waals surface area contributed by atoms with Gasteiger partial charge in [0.15, 0.2) is 0 Å². The molecule has 2 nitrogen and oxygen atoms in total. The van der Waals surface area contributed by atoms with Crippen LogP contribution in [0.4, 0.5) is 0 Å². The molecule has 11 heavy (non-hydrogen) atoms. The van der Waals surface area contributed by atoms with Crippen LogP contribution in [0.3, 0.4) is 0 Å². The molecule has 0 rings (SSSR count). The highest BCUT2D eigenvalue weighted by atomic mass is 28.1. The van der Waals surface area contributed by atoms with Crippen LogP contribution in [0.1, 0.15) is 40.0 Å². The first-order chi connectivity index (χ1) is 5.08. The lowest BCUT2D eigenvalue weighted by molar-refractivity contribution is 0.437. The summed E-state index contributed by atoms with van der Waals surface area (Å²) in [6.07, 6.45) is 3.10. The van der Waals surface area contributed by atoms with Crippen LogP contribution in [0.2, 0.25) is 5.04 Å². The number of nitrogens with zero attached hydrogens (tertiary/aromatic N) is 1. The van der Waals surface area contributed by atoms with Crippen molar-refractivity contribution >= 4 is 10.2 Å². The maximum atomic E-state index is 10.5. The molecule has 0 aliphatic rings. The van der Waals surface area contributed by atoms with E-state index in [1.54, 1.807) is 0 Å².